The molecule has 8 nitrogen and oxygen atoms in total. The van der Waals surface area contributed by atoms with Gasteiger partial charge in [-0.05, 0) is 36.8 Å². The summed E-state index contributed by atoms with van der Waals surface area (Å²) < 4.78 is 10.5. The molecule has 0 saturated carbocycles. The first-order chi connectivity index (χ1) is 11.5. The molecular weight excluding hydrogens is 314 g/mol. The van der Waals surface area contributed by atoms with Gasteiger partial charge < -0.3 is 9.47 Å². The van der Waals surface area contributed by atoms with Crippen molar-refractivity contribution in [2.45, 2.75) is 6.92 Å². The molecule has 1 N–H and O–H groups in total. The number of rotatable bonds is 4. The summed E-state index contributed by atoms with van der Waals surface area (Å²) in [6, 6.07) is 9.49. The molecule has 0 saturated heterocycles. The third-order valence-corrected chi connectivity index (χ3v) is 3.44. The number of hydrogen-bond acceptors (Lipinski definition) is 6. The van der Waals surface area contributed by atoms with Gasteiger partial charge in [-0.1, -0.05) is 6.07 Å². The Morgan fingerprint density at radius 3 is 2.83 bits per heavy atom. The molecule has 1 amide bonds. The van der Waals surface area contributed by atoms with E-state index in [0.29, 0.717) is 17.1 Å². The van der Waals surface area contributed by atoms with Crippen molar-refractivity contribution in [1.29, 1.82) is 0 Å². The molecule has 3 rings (SSSR count). The van der Waals surface area contributed by atoms with Crippen LogP contribution in [0.2, 0.25) is 0 Å². The molecule has 2 aromatic rings. The lowest BCUT2D eigenvalue weighted by molar-refractivity contribution is -0.385. The molecule has 0 aliphatic carbocycles. The number of fused-ring (bicyclic) bond motifs is 1. The van der Waals surface area contributed by atoms with Crippen molar-refractivity contribution in [3.05, 3.63) is 63.2 Å². The van der Waals surface area contributed by atoms with E-state index in [2.05, 4.69) is 10.5 Å². The smallest absolute Gasteiger partial charge is 0.273 e. The molecule has 0 bridgehead atoms. The average molecular weight is 327 g/mol. The fourth-order valence-electron chi connectivity index (χ4n) is 2.17. The van der Waals surface area contributed by atoms with Crippen LogP contribution in [-0.4, -0.2) is 23.8 Å². The number of amides is 1. The lowest BCUT2D eigenvalue weighted by Gasteiger charge is -2.02. The molecule has 122 valence electrons. The van der Waals surface area contributed by atoms with E-state index < -0.39 is 10.8 Å². The van der Waals surface area contributed by atoms with E-state index in [0.717, 1.165) is 5.56 Å². The van der Waals surface area contributed by atoms with Crippen LogP contribution in [0.5, 0.6) is 11.5 Å². The van der Waals surface area contributed by atoms with E-state index in [-0.39, 0.29) is 18.0 Å². The topological polar surface area (TPSA) is 103 Å². The molecule has 0 spiro atoms. The fourth-order valence-corrected chi connectivity index (χ4v) is 2.17. The van der Waals surface area contributed by atoms with Crippen molar-refractivity contribution >= 4 is 17.8 Å². The predicted molar refractivity (Wildman–Crippen MR) is 85.5 cm³/mol. The van der Waals surface area contributed by atoms with Gasteiger partial charge in [0.15, 0.2) is 11.5 Å². The van der Waals surface area contributed by atoms with E-state index in [4.69, 9.17) is 9.47 Å². The second kappa shape index (κ2) is 6.37. The van der Waals surface area contributed by atoms with E-state index in [1.807, 2.05) is 0 Å². The Hall–Kier alpha value is -3.42. The van der Waals surface area contributed by atoms with Gasteiger partial charge in [-0.2, -0.15) is 5.10 Å². The van der Waals surface area contributed by atoms with Crippen LogP contribution in [0.25, 0.3) is 0 Å². The minimum Gasteiger partial charge on any atom is -0.454 e. The van der Waals surface area contributed by atoms with Crippen molar-refractivity contribution in [2.75, 3.05) is 6.79 Å². The minimum atomic E-state index is -0.532. The van der Waals surface area contributed by atoms with Crippen molar-refractivity contribution in [2.24, 2.45) is 5.10 Å². The molecule has 1 heterocycles. The number of benzene rings is 2. The summed E-state index contributed by atoms with van der Waals surface area (Å²) in [6.45, 7) is 1.79. The molecule has 24 heavy (non-hydrogen) atoms. The number of nitro benzene ring substituents is 1. The number of hydrazone groups is 1. The Morgan fingerprint density at radius 2 is 2.04 bits per heavy atom. The van der Waals surface area contributed by atoms with Gasteiger partial charge in [0, 0.05) is 17.2 Å². The minimum absolute atomic E-state index is 0.109. The van der Waals surface area contributed by atoms with Crippen molar-refractivity contribution in [1.82, 2.24) is 5.43 Å². The standard InChI is InChI=1S/C16H13N3O5/c1-10-2-4-12(7-13(10)19(21)22)16(20)18-17-8-11-3-5-14-15(6-11)24-9-23-14/h2-8H,9H2,1H3,(H,18,20). The number of nitrogens with zero attached hydrogens (tertiary/aromatic N) is 2. The third kappa shape index (κ3) is 3.17. The second-order valence-corrected chi connectivity index (χ2v) is 5.07. The molecule has 0 atom stereocenters. The summed E-state index contributed by atoms with van der Waals surface area (Å²) in [5.74, 6) is 0.734. The normalized spacial score (nSPS) is 12.4. The van der Waals surface area contributed by atoms with Gasteiger partial charge in [-0.25, -0.2) is 5.43 Å². The predicted octanol–water partition coefficient (Wildman–Crippen LogP) is 2.40. The Balaban J connectivity index is 1.69. The molecule has 2 aromatic carbocycles. The van der Waals surface area contributed by atoms with Gasteiger partial charge in [0.2, 0.25) is 6.79 Å². The highest BCUT2D eigenvalue weighted by Crippen LogP contribution is 2.31. The van der Waals surface area contributed by atoms with E-state index in [1.165, 1.54) is 24.4 Å². The van der Waals surface area contributed by atoms with Gasteiger partial charge in [0.25, 0.3) is 11.6 Å². The zero-order valence-corrected chi connectivity index (χ0v) is 12.7. The van der Waals surface area contributed by atoms with Crippen LogP contribution < -0.4 is 14.9 Å². The lowest BCUT2D eigenvalue weighted by Crippen LogP contribution is -2.17. The molecule has 0 aromatic heterocycles. The zero-order valence-electron chi connectivity index (χ0n) is 12.7. The van der Waals surface area contributed by atoms with Crippen LogP contribution >= 0.6 is 0 Å². The van der Waals surface area contributed by atoms with Crippen molar-refractivity contribution in [3.8, 4) is 11.5 Å². The maximum Gasteiger partial charge on any atom is 0.273 e. The van der Waals surface area contributed by atoms with Crippen LogP contribution in [0.3, 0.4) is 0 Å². The quantitative estimate of drug-likeness (QED) is 0.527. The molecule has 1 aliphatic rings. The highest BCUT2D eigenvalue weighted by atomic mass is 16.7. The van der Waals surface area contributed by atoms with E-state index >= 15 is 0 Å². The summed E-state index contributed by atoms with van der Waals surface area (Å²) in [4.78, 5) is 22.4. The molecular formula is C16H13N3O5. The van der Waals surface area contributed by atoms with Gasteiger partial charge in [0.1, 0.15) is 0 Å². The third-order valence-electron chi connectivity index (χ3n) is 3.44. The molecule has 0 radical (unpaired) electrons. The summed E-state index contributed by atoms with van der Waals surface area (Å²) in [5.41, 5.74) is 3.59. The molecule has 1 aliphatic heterocycles. The zero-order chi connectivity index (χ0) is 17.1. The second-order valence-electron chi connectivity index (χ2n) is 5.07. The monoisotopic (exact) mass is 327 g/mol. The van der Waals surface area contributed by atoms with Crippen LogP contribution in [0.1, 0.15) is 21.5 Å². The maximum atomic E-state index is 12.0. The first-order valence-electron chi connectivity index (χ1n) is 7.03. The first-order valence-corrected chi connectivity index (χ1v) is 7.03. The maximum absolute atomic E-state index is 12.0. The Bertz CT molecular complexity index is 848. The van der Waals surface area contributed by atoms with Crippen LogP contribution in [0.4, 0.5) is 5.69 Å². The molecule has 0 fully saturated rings. The Labute approximate surface area is 136 Å². The number of hydrogen-bond donors (Lipinski definition) is 1. The summed E-state index contributed by atoms with van der Waals surface area (Å²) in [7, 11) is 0. The SMILES string of the molecule is Cc1ccc(C(=O)NN=Cc2ccc3c(c2)OCO3)cc1[N+](=O)[O-]. The molecule has 8 heteroatoms. The van der Waals surface area contributed by atoms with Crippen LogP contribution in [0, 0.1) is 17.0 Å². The first kappa shape index (κ1) is 15.5. The lowest BCUT2D eigenvalue weighted by atomic mass is 10.1. The van der Waals surface area contributed by atoms with E-state index in [9.17, 15) is 14.9 Å². The average Bonchev–Trinajstić information content (AvgIpc) is 3.02. The van der Waals surface area contributed by atoms with Gasteiger partial charge in [-0.3, -0.25) is 14.9 Å². The number of carbonyl (C=O) groups is 1. The van der Waals surface area contributed by atoms with Gasteiger partial charge in [-0.15, -0.1) is 0 Å². The van der Waals surface area contributed by atoms with Gasteiger partial charge >= 0.3 is 0 Å². The molecule has 0 unspecified atom stereocenters. The van der Waals surface area contributed by atoms with Crippen molar-refractivity contribution < 1.29 is 19.2 Å². The summed E-state index contributed by atoms with van der Waals surface area (Å²) in [6.07, 6.45) is 1.45. The number of nitro groups is 1. The Morgan fingerprint density at radius 1 is 1.25 bits per heavy atom. The largest absolute Gasteiger partial charge is 0.454 e. The highest BCUT2D eigenvalue weighted by molar-refractivity contribution is 5.95. The number of aryl methyl sites for hydroxylation is 1. The fraction of sp³-hybridized carbons (Fsp3) is 0.125. The van der Waals surface area contributed by atoms with Crippen molar-refractivity contribution in [3.63, 3.8) is 0 Å². The number of ether oxygens (including phenoxy) is 2. The summed E-state index contributed by atoms with van der Waals surface area (Å²) >= 11 is 0. The number of carbonyl (C=O) groups excluding carboxylic acids is 1. The van der Waals surface area contributed by atoms with E-state index in [1.54, 1.807) is 25.1 Å². The van der Waals surface area contributed by atoms with Crippen LogP contribution in [-0.2, 0) is 0 Å². The number of nitrogens with one attached hydrogen (secondary N) is 1. The summed E-state index contributed by atoms with van der Waals surface area (Å²) in [5, 5.41) is 14.8. The highest BCUT2D eigenvalue weighted by Gasteiger charge is 2.15. The van der Waals surface area contributed by atoms with Gasteiger partial charge in [0.05, 0.1) is 11.1 Å². The Kier molecular flexibility index (Phi) is 4.11. The van der Waals surface area contributed by atoms with Crippen LogP contribution in [0.15, 0.2) is 41.5 Å².